The molecule has 2 aromatic carbocycles. The fourth-order valence-corrected chi connectivity index (χ4v) is 5.16. The molecule has 2 aromatic heterocycles. The maximum absolute atomic E-state index is 5.64. The van der Waals surface area contributed by atoms with E-state index in [1.54, 1.807) is 25.6 Å². The predicted molar refractivity (Wildman–Crippen MR) is 122 cm³/mol. The third-order valence-electron chi connectivity index (χ3n) is 5.77. The van der Waals surface area contributed by atoms with E-state index in [0.717, 1.165) is 41.5 Å². The molecule has 5 rings (SSSR count). The zero-order valence-corrected chi connectivity index (χ0v) is 18.4. The Kier molecular flexibility index (Phi) is 5.49. The Balaban J connectivity index is 1.49. The first-order valence-electron chi connectivity index (χ1n) is 10.3. The SMILES string of the molecule is COc1cc2c(cc1OC)C(c1cccs1)N(Cc1cc(-c3ccccc3)on1)CC2. The normalized spacial score (nSPS) is 16.1. The predicted octanol–water partition coefficient (Wildman–Crippen LogP) is 5.57. The molecule has 0 saturated heterocycles. The van der Waals surface area contributed by atoms with Crippen LogP contribution in [0.3, 0.4) is 0 Å². The van der Waals surface area contributed by atoms with Gasteiger partial charge in [-0.15, -0.1) is 11.3 Å². The topological polar surface area (TPSA) is 47.7 Å². The Morgan fingerprint density at radius 2 is 1.84 bits per heavy atom. The smallest absolute Gasteiger partial charge is 0.167 e. The molecule has 0 radical (unpaired) electrons. The van der Waals surface area contributed by atoms with Crippen LogP contribution >= 0.6 is 11.3 Å². The molecule has 0 amide bonds. The Morgan fingerprint density at radius 1 is 1.03 bits per heavy atom. The number of rotatable bonds is 6. The lowest BCUT2D eigenvalue weighted by atomic mass is 9.90. The van der Waals surface area contributed by atoms with Crippen molar-refractivity contribution in [3.8, 4) is 22.8 Å². The van der Waals surface area contributed by atoms with Gasteiger partial charge in [0.2, 0.25) is 0 Å². The van der Waals surface area contributed by atoms with Crippen LogP contribution in [-0.4, -0.2) is 30.8 Å². The lowest BCUT2D eigenvalue weighted by Crippen LogP contribution is -2.35. The summed E-state index contributed by atoms with van der Waals surface area (Å²) in [6, 6.07) is 20.8. The molecule has 1 aliphatic heterocycles. The van der Waals surface area contributed by atoms with Crippen LogP contribution < -0.4 is 9.47 Å². The molecule has 3 heterocycles. The van der Waals surface area contributed by atoms with Gasteiger partial charge >= 0.3 is 0 Å². The number of methoxy groups -OCH3 is 2. The van der Waals surface area contributed by atoms with Crippen molar-refractivity contribution in [3.05, 3.63) is 87.7 Å². The summed E-state index contributed by atoms with van der Waals surface area (Å²) in [7, 11) is 3.37. The first-order valence-corrected chi connectivity index (χ1v) is 11.2. The number of hydrogen-bond acceptors (Lipinski definition) is 6. The molecule has 4 aromatic rings. The van der Waals surface area contributed by atoms with E-state index in [9.17, 15) is 0 Å². The monoisotopic (exact) mass is 432 g/mol. The van der Waals surface area contributed by atoms with Crippen molar-refractivity contribution in [1.82, 2.24) is 10.1 Å². The van der Waals surface area contributed by atoms with Crippen LogP contribution in [-0.2, 0) is 13.0 Å². The molecule has 0 saturated carbocycles. The maximum atomic E-state index is 5.64. The standard InChI is InChI=1S/C25H24N2O3S/c1-28-22-13-18-10-11-27(16-19-14-21(30-26-19)17-7-4-3-5-8-17)25(24-9-6-12-31-24)20(18)15-23(22)29-2/h3-9,12-15,25H,10-11,16H2,1-2H3. The highest BCUT2D eigenvalue weighted by Gasteiger charge is 2.31. The number of fused-ring (bicyclic) bond motifs is 1. The lowest BCUT2D eigenvalue weighted by Gasteiger charge is -2.37. The molecule has 158 valence electrons. The molecule has 0 bridgehead atoms. The summed E-state index contributed by atoms with van der Waals surface area (Å²) in [6.07, 6.45) is 0.945. The van der Waals surface area contributed by atoms with Crippen molar-refractivity contribution in [1.29, 1.82) is 0 Å². The molecular weight excluding hydrogens is 408 g/mol. The van der Waals surface area contributed by atoms with Gasteiger partial charge in [-0.1, -0.05) is 41.6 Å². The van der Waals surface area contributed by atoms with Crippen molar-refractivity contribution in [2.24, 2.45) is 0 Å². The highest BCUT2D eigenvalue weighted by atomic mass is 32.1. The molecule has 0 N–H and O–H groups in total. The van der Waals surface area contributed by atoms with Crippen LogP contribution in [0, 0.1) is 0 Å². The van der Waals surface area contributed by atoms with Gasteiger partial charge in [-0.2, -0.15) is 0 Å². The van der Waals surface area contributed by atoms with Crippen LogP contribution in [0.15, 0.2) is 70.6 Å². The van der Waals surface area contributed by atoms with Crippen molar-refractivity contribution in [2.75, 3.05) is 20.8 Å². The minimum Gasteiger partial charge on any atom is -0.493 e. The summed E-state index contributed by atoms with van der Waals surface area (Å²) in [5, 5.41) is 6.49. The summed E-state index contributed by atoms with van der Waals surface area (Å²) in [5.41, 5.74) is 4.54. The molecule has 1 unspecified atom stereocenters. The summed E-state index contributed by atoms with van der Waals surface area (Å²) in [4.78, 5) is 3.77. The van der Waals surface area contributed by atoms with Crippen molar-refractivity contribution in [3.63, 3.8) is 0 Å². The third-order valence-corrected chi connectivity index (χ3v) is 6.69. The molecule has 31 heavy (non-hydrogen) atoms. The van der Waals surface area contributed by atoms with Crippen molar-refractivity contribution < 1.29 is 14.0 Å². The van der Waals surface area contributed by atoms with Gasteiger partial charge in [-0.25, -0.2) is 0 Å². The van der Waals surface area contributed by atoms with E-state index in [4.69, 9.17) is 14.0 Å². The lowest BCUT2D eigenvalue weighted by molar-refractivity contribution is 0.200. The largest absolute Gasteiger partial charge is 0.493 e. The first-order chi connectivity index (χ1) is 15.3. The summed E-state index contributed by atoms with van der Waals surface area (Å²) in [6.45, 7) is 1.64. The quantitative estimate of drug-likeness (QED) is 0.399. The van der Waals surface area contributed by atoms with Crippen LogP contribution in [0.5, 0.6) is 11.5 Å². The molecule has 5 nitrogen and oxygen atoms in total. The third kappa shape index (κ3) is 3.84. The molecule has 6 heteroatoms. The van der Waals surface area contributed by atoms with E-state index in [2.05, 4.69) is 39.7 Å². The van der Waals surface area contributed by atoms with Gasteiger partial charge in [0, 0.05) is 29.6 Å². The Hall–Kier alpha value is -3.09. The first kappa shape index (κ1) is 19.8. The summed E-state index contributed by atoms with van der Waals surface area (Å²) < 4.78 is 16.8. The van der Waals surface area contributed by atoms with Crippen LogP contribution in [0.4, 0.5) is 0 Å². The van der Waals surface area contributed by atoms with E-state index >= 15 is 0 Å². The number of nitrogens with zero attached hydrogens (tertiary/aromatic N) is 2. The average Bonchev–Trinajstić information content (AvgIpc) is 3.51. The van der Waals surface area contributed by atoms with E-state index in [1.165, 1.54) is 16.0 Å². The van der Waals surface area contributed by atoms with Gasteiger partial charge in [-0.3, -0.25) is 4.90 Å². The highest BCUT2D eigenvalue weighted by molar-refractivity contribution is 7.10. The van der Waals surface area contributed by atoms with E-state index in [0.29, 0.717) is 6.54 Å². The fourth-order valence-electron chi connectivity index (χ4n) is 4.28. The van der Waals surface area contributed by atoms with Gasteiger partial charge in [0.15, 0.2) is 17.3 Å². The number of hydrogen-bond donors (Lipinski definition) is 0. The summed E-state index contributed by atoms with van der Waals surface area (Å²) in [5.74, 6) is 2.34. The Morgan fingerprint density at radius 3 is 2.58 bits per heavy atom. The van der Waals surface area contributed by atoms with Gasteiger partial charge in [0.25, 0.3) is 0 Å². The van der Waals surface area contributed by atoms with Crippen LogP contribution in [0.1, 0.15) is 27.7 Å². The second-order valence-electron chi connectivity index (χ2n) is 7.59. The van der Waals surface area contributed by atoms with Crippen molar-refractivity contribution >= 4 is 11.3 Å². The molecule has 1 aliphatic rings. The molecule has 0 fully saturated rings. The second kappa shape index (κ2) is 8.57. The highest BCUT2D eigenvalue weighted by Crippen LogP contribution is 2.42. The van der Waals surface area contributed by atoms with Crippen LogP contribution in [0.2, 0.25) is 0 Å². The van der Waals surface area contributed by atoms with Gasteiger partial charge in [0.1, 0.15) is 0 Å². The number of thiophene rings is 1. The minimum atomic E-state index is 0.139. The summed E-state index contributed by atoms with van der Waals surface area (Å²) >= 11 is 1.78. The molecule has 0 aliphatic carbocycles. The van der Waals surface area contributed by atoms with E-state index in [-0.39, 0.29) is 6.04 Å². The molecule has 0 spiro atoms. The van der Waals surface area contributed by atoms with Gasteiger partial charge in [0.05, 0.1) is 26.0 Å². The number of ether oxygens (including phenoxy) is 2. The molecular formula is C25H24N2O3S. The number of benzene rings is 2. The maximum Gasteiger partial charge on any atom is 0.167 e. The van der Waals surface area contributed by atoms with E-state index < -0.39 is 0 Å². The van der Waals surface area contributed by atoms with E-state index in [1.807, 2.05) is 36.4 Å². The van der Waals surface area contributed by atoms with Gasteiger partial charge < -0.3 is 14.0 Å². The second-order valence-corrected chi connectivity index (χ2v) is 8.57. The molecule has 1 atom stereocenters. The Labute approximate surface area is 185 Å². The fraction of sp³-hybridized carbons (Fsp3) is 0.240. The number of aromatic nitrogens is 1. The van der Waals surface area contributed by atoms with Crippen molar-refractivity contribution in [2.45, 2.75) is 19.0 Å². The average molecular weight is 433 g/mol. The Bertz CT molecular complexity index is 1150. The van der Waals surface area contributed by atoms with Gasteiger partial charge in [-0.05, 0) is 41.1 Å². The zero-order chi connectivity index (χ0) is 21.2. The minimum absolute atomic E-state index is 0.139. The zero-order valence-electron chi connectivity index (χ0n) is 17.6. The van der Waals surface area contributed by atoms with Crippen LogP contribution in [0.25, 0.3) is 11.3 Å².